The van der Waals surface area contributed by atoms with Crippen LogP contribution in [-0.2, 0) is 11.3 Å². The van der Waals surface area contributed by atoms with Gasteiger partial charge in [0.1, 0.15) is 0 Å². The summed E-state index contributed by atoms with van der Waals surface area (Å²) < 4.78 is 0. The Balaban J connectivity index is 1.29. The van der Waals surface area contributed by atoms with Crippen LogP contribution in [0.5, 0.6) is 0 Å². The minimum Gasteiger partial charge on any atom is -0.343 e. The summed E-state index contributed by atoms with van der Waals surface area (Å²) in [5, 5.41) is 2.74. The van der Waals surface area contributed by atoms with Crippen LogP contribution in [0.25, 0.3) is 0 Å². The maximum Gasteiger partial charge on any atom is 0.253 e. The molecule has 7 nitrogen and oxygen atoms in total. The third kappa shape index (κ3) is 5.88. The Morgan fingerprint density at radius 1 is 1.00 bits per heavy atom. The van der Waals surface area contributed by atoms with Crippen molar-refractivity contribution in [3.8, 4) is 0 Å². The van der Waals surface area contributed by atoms with Crippen molar-refractivity contribution < 1.29 is 9.59 Å². The van der Waals surface area contributed by atoms with Gasteiger partial charge in [-0.1, -0.05) is 6.07 Å². The molecule has 0 spiro atoms. The highest BCUT2D eigenvalue weighted by atomic mass is 16.2. The van der Waals surface area contributed by atoms with Crippen LogP contribution in [-0.4, -0.2) is 64.3 Å². The summed E-state index contributed by atoms with van der Waals surface area (Å²) in [5.41, 5.74) is 2.60. The fourth-order valence-electron chi connectivity index (χ4n) is 4.46. The van der Waals surface area contributed by atoms with E-state index in [-0.39, 0.29) is 18.4 Å². The van der Waals surface area contributed by atoms with Gasteiger partial charge in [0.15, 0.2) is 0 Å². The molecule has 0 saturated carbocycles. The molecule has 1 atom stereocenters. The lowest BCUT2D eigenvalue weighted by Crippen LogP contribution is -2.42. The first-order chi connectivity index (χ1) is 15.2. The quantitative estimate of drug-likeness (QED) is 0.776. The molecule has 2 aliphatic heterocycles. The first kappa shape index (κ1) is 21.4. The van der Waals surface area contributed by atoms with Crippen LogP contribution in [0, 0.1) is 0 Å². The average Bonchev–Trinajstić information content (AvgIpc) is 2.84. The summed E-state index contributed by atoms with van der Waals surface area (Å²) in [7, 11) is 0. The Morgan fingerprint density at radius 2 is 1.87 bits per heavy atom. The largest absolute Gasteiger partial charge is 0.343 e. The second-order valence-corrected chi connectivity index (χ2v) is 8.49. The zero-order valence-electron chi connectivity index (χ0n) is 18.0. The molecule has 0 bridgehead atoms. The zero-order chi connectivity index (χ0) is 21.5. The molecule has 0 aromatic carbocycles. The van der Waals surface area contributed by atoms with Gasteiger partial charge in [-0.25, -0.2) is 0 Å². The number of likely N-dealkylation sites (tertiary alicyclic amines) is 2. The molecule has 31 heavy (non-hydrogen) atoms. The number of carbonyl (C=O) groups is 2. The number of aromatic nitrogens is 2. The summed E-state index contributed by atoms with van der Waals surface area (Å²) in [4.78, 5) is 38.0. The molecule has 2 fully saturated rings. The van der Waals surface area contributed by atoms with Crippen LogP contribution < -0.4 is 5.32 Å². The van der Waals surface area contributed by atoms with Crippen molar-refractivity contribution >= 4 is 11.8 Å². The van der Waals surface area contributed by atoms with Crippen molar-refractivity contribution in [2.75, 3.05) is 32.7 Å². The number of hydrogen-bond acceptors (Lipinski definition) is 5. The average molecular weight is 422 g/mol. The third-order valence-electron chi connectivity index (χ3n) is 6.19. The van der Waals surface area contributed by atoms with E-state index in [9.17, 15) is 9.59 Å². The molecular formula is C24H31N5O2. The highest BCUT2D eigenvalue weighted by Gasteiger charge is 2.23. The van der Waals surface area contributed by atoms with Gasteiger partial charge in [-0.3, -0.25) is 24.5 Å². The van der Waals surface area contributed by atoms with E-state index in [1.54, 1.807) is 6.20 Å². The number of carbonyl (C=O) groups excluding carboxylic acids is 2. The van der Waals surface area contributed by atoms with Crippen LogP contribution >= 0.6 is 0 Å². The smallest absolute Gasteiger partial charge is 0.253 e. The minimum absolute atomic E-state index is 0.00664. The topological polar surface area (TPSA) is 78.4 Å². The molecule has 1 N–H and O–H groups in total. The molecule has 7 heteroatoms. The zero-order valence-corrected chi connectivity index (χ0v) is 18.0. The van der Waals surface area contributed by atoms with Crippen molar-refractivity contribution in [2.45, 2.75) is 44.6 Å². The molecule has 0 radical (unpaired) electrons. The Labute approximate surface area is 183 Å². The van der Waals surface area contributed by atoms with Crippen molar-refractivity contribution in [1.29, 1.82) is 0 Å². The first-order valence-electron chi connectivity index (χ1n) is 11.3. The summed E-state index contributed by atoms with van der Waals surface area (Å²) in [6, 6.07) is 9.80. The van der Waals surface area contributed by atoms with Gasteiger partial charge in [-0.05, 0) is 62.9 Å². The number of hydrogen-bond donors (Lipinski definition) is 1. The number of nitrogens with zero attached hydrogens (tertiary/aromatic N) is 4. The molecule has 1 unspecified atom stereocenters. The molecule has 0 aliphatic carbocycles. The Morgan fingerprint density at radius 3 is 2.61 bits per heavy atom. The number of piperidine rings is 2. The van der Waals surface area contributed by atoms with Crippen molar-refractivity contribution in [1.82, 2.24) is 25.1 Å². The summed E-state index contributed by atoms with van der Waals surface area (Å²) in [5.74, 6) is 0.105. The summed E-state index contributed by atoms with van der Waals surface area (Å²) >= 11 is 0. The van der Waals surface area contributed by atoms with Gasteiger partial charge in [-0.15, -0.1) is 0 Å². The molecular weight excluding hydrogens is 390 g/mol. The number of amides is 2. The molecule has 2 amide bonds. The predicted molar refractivity (Wildman–Crippen MR) is 118 cm³/mol. The van der Waals surface area contributed by atoms with E-state index in [0.717, 1.165) is 69.8 Å². The van der Waals surface area contributed by atoms with Crippen molar-refractivity contribution in [2.24, 2.45) is 0 Å². The van der Waals surface area contributed by atoms with Gasteiger partial charge in [0, 0.05) is 50.2 Å². The minimum atomic E-state index is -0.246. The Kier molecular flexibility index (Phi) is 7.25. The fourth-order valence-corrected chi connectivity index (χ4v) is 4.46. The van der Waals surface area contributed by atoms with Gasteiger partial charge in [-0.2, -0.15) is 0 Å². The lowest BCUT2D eigenvalue weighted by molar-refractivity contribution is -0.130. The van der Waals surface area contributed by atoms with Crippen molar-refractivity contribution in [3.05, 3.63) is 59.7 Å². The van der Waals surface area contributed by atoms with E-state index in [1.165, 1.54) is 6.42 Å². The van der Waals surface area contributed by atoms with E-state index in [0.29, 0.717) is 11.5 Å². The first-order valence-corrected chi connectivity index (χ1v) is 11.3. The highest BCUT2D eigenvalue weighted by Crippen LogP contribution is 2.26. The fraction of sp³-hybridized carbons (Fsp3) is 0.500. The molecule has 2 saturated heterocycles. The van der Waals surface area contributed by atoms with E-state index in [2.05, 4.69) is 26.3 Å². The molecule has 2 aromatic rings. The Bertz CT molecular complexity index is 865. The van der Waals surface area contributed by atoms with Crippen molar-refractivity contribution in [3.63, 3.8) is 0 Å². The van der Waals surface area contributed by atoms with Gasteiger partial charge in [0.2, 0.25) is 5.91 Å². The SMILES string of the molecule is O=C(NCC(=O)N1CCCCC1)c1ccc(C2CCCN(Cc3ccccn3)C2)nc1. The second-order valence-electron chi connectivity index (χ2n) is 8.49. The van der Waals surface area contributed by atoms with Gasteiger partial charge in [0.25, 0.3) is 5.91 Å². The predicted octanol–water partition coefficient (Wildman–Crippen LogP) is 2.60. The maximum absolute atomic E-state index is 12.4. The maximum atomic E-state index is 12.4. The van der Waals surface area contributed by atoms with Crippen LogP contribution in [0.15, 0.2) is 42.7 Å². The molecule has 4 rings (SSSR count). The summed E-state index contributed by atoms with van der Waals surface area (Å²) in [6.45, 7) is 4.50. The van der Waals surface area contributed by atoms with E-state index < -0.39 is 0 Å². The van der Waals surface area contributed by atoms with E-state index in [4.69, 9.17) is 0 Å². The van der Waals surface area contributed by atoms with Crippen LogP contribution in [0.2, 0.25) is 0 Å². The van der Waals surface area contributed by atoms with E-state index >= 15 is 0 Å². The van der Waals surface area contributed by atoms with E-state index in [1.807, 2.05) is 35.4 Å². The van der Waals surface area contributed by atoms with Gasteiger partial charge in [0.05, 0.1) is 17.8 Å². The summed E-state index contributed by atoms with van der Waals surface area (Å²) in [6.07, 6.45) is 8.96. The number of pyridine rings is 2. The van der Waals surface area contributed by atoms with Gasteiger partial charge >= 0.3 is 0 Å². The van der Waals surface area contributed by atoms with Crippen LogP contribution in [0.1, 0.15) is 59.8 Å². The number of rotatable bonds is 6. The van der Waals surface area contributed by atoms with Gasteiger partial charge < -0.3 is 10.2 Å². The number of nitrogens with one attached hydrogen (secondary N) is 1. The van der Waals surface area contributed by atoms with Crippen LogP contribution in [0.4, 0.5) is 0 Å². The molecule has 164 valence electrons. The standard InChI is InChI=1S/C24H31N5O2/c30-23(29-13-4-1-5-14-29)16-27-24(31)19-9-10-22(26-15-19)20-7-6-12-28(17-20)18-21-8-2-3-11-25-21/h2-3,8-11,15,20H,1,4-7,12-14,16-18H2,(H,27,31). The Hall–Kier alpha value is -2.80. The lowest BCUT2D eigenvalue weighted by atomic mass is 9.94. The lowest BCUT2D eigenvalue weighted by Gasteiger charge is -2.32. The monoisotopic (exact) mass is 421 g/mol. The molecule has 2 aliphatic rings. The third-order valence-corrected chi connectivity index (χ3v) is 6.19. The molecule has 2 aromatic heterocycles. The second kappa shape index (κ2) is 10.5. The van der Waals surface area contributed by atoms with Crippen LogP contribution in [0.3, 0.4) is 0 Å². The highest BCUT2D eigenvalue weighted by molar-refractivity contribution is 5.96. The molecule has 4 heterocycles. The normalized spacial score (nSPS) is 19.7.